The Kier molecular flexibility index (Phi) is 8.10. The van der Waals surface area contributed by atoms with Crippen LogP contribution in [0.1, 0.15) is 40.2 Å². The number of nitrogens with zero attached hydrogens (tertiary/aromatic N) is 6. The van der Waals surface area contributed by atoms with Gasteiger partial charge in [0.15, 0.2) is 5.69 Å². The number of primary amides is 1. The van der Waals surface area contributed by atoms with E-state index in [4.69, 9.17) is 15.9 Å². The molecule has 0 bridgehead atoms. The summed E-state index contributed by atoms with van der Waals surface area (Å²) in [5.41, 5.74) is 1.12. The Hall–Kier alpha value is -3.32. The van der Waals surface area contributed by atoms with Crippen LogP contribution in [0, 0.1) is 5.41 Å². The van der Waals surface area contributed by atoms with Gasteiger partial charge in [-0.25, -0.2) is 18.4 Å². The molecular weight excluding hydrogens is 574 g/mol. The van der Waals surface area contributed by atoms with Crippen LogP contribution in [0.15, 0.2) is 12.4 Å². The minimum Gasteiger partial charge on any atom is -0.378 e. The van der Waals surface area contributed by atoms with Crippen molar-refractivity contribution in [3.05, 3.63) is 34.9 Å². The summed E-state index contributed by atoms with van der Waals surface area (Å²) in [5, 5.41) is 10.7. The Balaban J connectivity index is 1.32. The number of anilines is 1. The smallest absolute Gasteiger partial charge is 0.378 e. The summed E-state index contributed by atoms with van der Waals surface area (Å²) in [6.45, 7) is -0.329. The number of carbonyl (C=O) groups is 1. The molecular formula is C21H24F6N8O4S. The van der Waals surface area contributed by atoms with Crippen LogP contribution in [-0.4, -0.2) is 88.7 Å². The molecule has 40 heavy (non-hydrogen) atoms. The number of fused-ring (bicyclic) bond motifs is 1. The molecule has 0 spiro atoms. The topological polar surface area (TPSA) is 160 Å². The van der Waals surface area contributed by atoms with Gasteiger partial charge in [-0.3, -0.25) is 9.48 Å². The Labute approximate surface area is 223 Å². The molecule has 19 heteroatoms. The zero-order chi connectivity index (χ0) is 29.5. The molecule has 0 aromatic carbocycles. The van der Waals surface area contributed by atoms with Crippen LogP contribution in [0.5, 0.6) is 0 Å². The number of nitrogens with two attached hydrogens (primary N) is 1. The number of hydrogen-bond donors (Lipinski definition) is 2. The van der Waals surface area contributed by atoms with Crippen molar-refractivity contribution < 1.29 is 44.3 Å². The highest BCUT2D eigenvalue weighted by atomic mass is 32.2. The molecule has 4 heterocycles. The summed E-state index contributed by atoms with van der Waals surface area (Å²) in [5.74, 6) is -1.74. The van der Waals surface area contributed by atoms with E-state index in [1.165, 1.54) is 4.31 Å². The molecule has 220 valence electrons. The lowest BCUT2D eigenvalue weighted by atomic mass is 10.1. The highest BCUT2D eigenvalue weighted by Gasteiger charge is 2.48. The summed E-state index contributed by atoms with van der Waals surface area (Å²) in [7, 11) is -3.81. The lowest BCUT2D eigenvalue weighted by molar-refractivity contribution is -0.142. The highest BCUT2D eigenvalue weighted by molar-refractivity contribution is 7.89. The molecule has 2 aromatic heterocycles. The number of sulfonamides is 1. The van der Waals surface area contributed by atoms with Crippen LogP contribution >= 0.6 is 0 Å². The fourth-order valence-electron chi connectivity index (χ4n) is 4.92. The van der Waals surface area contributed by atoms with E-state index in [9.17, 15) is 39.6 Å². The lowest BCUT2D eigenvalue weighted by Crippen LogP contribution is -2.41. The van der Waals surface area contributed by atoms with Gasteiger partial charge in [0.1, 0.15) is 0 Å². The summed E-state index contributed by atoms with van der Waals surface area (Å²) >= 11 is 0. The van der Waals surface area contributed by atoms with Crippen molar-refractivity contribution in [1.82, 2.24) is 24.1 Å². The van der Waals surface area contributed by atoms with Crippen molar-refractivity contribution in [2.75, 3.05) is 37.0 Å². The normalized spacial score (nSPS) is 20.2. The van der Waals surface area contributed by atoms with E-state index in [0.29, 0.717) is 38.0 Å². The minimum absolute atomic E-state index is 0.0826. The number of hydrogen-bond acceptors (Lipinski definition) is 9. The number of halogens is 6. The van der Waals surface area contributed by atoms with E-state index in [-0.39, 0.29) is 38.3 Å². The van der Waals surface area contributed by atoms with Crippen LogP contribution in [0.4, 0.5) is 32.3 Å². The molecule has 0 radical (unpaired) electrons. The van der Waals surface area contributed by atoms with Gasteiger partial charge in [-0.2, -0.15) is 35.7 Å². The number of nitrogens with one attached hydrogen (secondary N) is 1. The van der Waals surface area contributed by atoms with Gasteiger partial charge in [0.05, 0.1) is 42.3 Å². The van der Waals surface area contributed by atoms with Crippen molar-refractivity contribution in [2.45, 2.75) is 43.8 Å². The molecule has 0 unspecified atom stereocenters. The molecule has 2 aliphatic rings. The Bertz CT molecular complexity index is 1360. The van der Waals surface area contributed by atoms with Crippen LogP contribution in [-0.2, 0) is 33.7 Å². The maximum Gasteiger partial charge on any atom is 0.435 e. The Morgan fingerprint density at radius 3 is 2.30 bits per heavy atom. The summed E-state index contributed by atoms with van der Waals surface area (Å²) < 4.78 is 111. The fraction of sp³-hybridized carbons (Fsp3) is 0.571. The second kappa shape index (κ2) is 10.9. The van der Waals surface area contributed by atoms with Crippen LogP contribution in [0.3, 0.4) is 0 Å². The first-order valence-electron chi connectivity index (χ1n) is 11.9. The van der Waals surface area contributed by atoms with Gasteiger partial charge in [0.25, 0.3) is 5.91 Å². The van der Waals surface area contributed by atoms with E-state index >= 15 is 0 Å². The number of ether oxygens (including phenoxy) is 1. The summed E-state index contributed by atoms with van der Waals surface area (Å²) in [4.78, 5) is 20.8. The van der Waals surface area contributed by atoms with Crippen LogP contribution in [0.2, 0.25) is 0 Å². The third-order valence-corrected chi connectivity index (χ3v) is 8.53. The van der Waals surface area contributed by atoms with Gasteiger partial charge in [-0.1, -0.05) is 0 Å². The average Bonchev–Trinajstić information content (AvgIpc) is 3.56. The minimum atomic E-state index is -4.98. The summed E-state index contributed by atoms with van der Waals surface area (Å²) in [6, 6.07) is -0.739. The lowest BCUT2D eigenvalue weighted by Gasteiger charge is -2.25. The quantitative estimate of drug-likeness (QED) is 0.236. The van der Waals surface area contributed by atoms with Crippen molar-refractivity contribution in [2.24, 2.45) is 5.73 Å². The predicted octanol–water partition coefficient (Wildman–Crippen LogP) is 1.51. The molecule has 2 saturated heterocycles. The van der Waals surface area contributed by atoms with Crippen molar-refractivity contribution in [3.8, 4) is 0 Å². The van der Waals surface area contributed by atoms with E-state index in [1.807, 2.05) is 0 Å². The molecule has 4 rings (SSSR count). The molecule has 12 nitrogen and oxygen atoms in total. The largest absolute Gasteiger partial charge is 0.435 e. The second-order valence-corrected chi connectivity index (χ2v) is 11.1. The zero-order valence-corrected chi connectivity index (χ0v) is 21.4. The maximum atomic E-state index is 13.2. The van der Waals surface area contributed by atoms with Crippen molar-refractivity contribution in [3.63, 3.8) is 0 Å². The Morgan fingerprint density at radius 1 is 1.07 bits per heavy atom. The van der Waals surface area contributed by atoms with E-state index in [2.05, 4.69) is 15.1 Å². The maximum absolute atomic E-state index is 13.2. The molecule has 2 aromatic rings. The number of carbonyl (C=O) groups excluding carboxylic acids is 1. The van der Waals surface area contributed by atoms with Crippen molar-refractivity contribution in [1.29, 1.82) is 5.41 Å². The second-order valence-electron chi connectivity index (χ2n) is 9.05. The Morgan fingerprint density at radius 2 is 1.73 bits per heavy atom. The van der Waals surface area contributed by atoms with Crippen LogP contribution < -0.4 is 10.6 Å². The van der Waals surface area contributed by atoms with E-state index < -0.39 is 62.6 Å². The van der Waals surface area contributed by atoms with E-state index in [1.54, 1.807) is 4.90 Å². The molecule has 1 amide bonds. The number of rotatable bonds is 10. The SMILES string of the molecule is N=Cc1c(C(N)=O)c(C(F)(F)F)nn1CCOCCS(=O)(=O)N1CC[C@@H]2[C@H]1CCN2c1ncc(C(F)(F)F)cn1. The third-order valence-electron chi connectivity index (χ3n) is 6.68. The molecule has 2 aliphatic heterocycles. The standard InChI is InChI=1S/C21H24F6N8O4S/c22-20(23,24)12-10-30-19(31-11-12)33-3-1-14-13(33)2-4-35(14)40(37,38)8-7-39-6-5-34-15(9-28)16(18(29)36)17(32-34)21(25,26)27/h9-11,13-14,28H,1-8H2,(H2,29,36)/t13-,14-/m1/s1. The molecule has 0 saturated carbocycles. The van der Waals surface area contributed by atoms with Gasteiger partial charge in [-0.05, 0) is 12.8 Å². The first-order chi connectivity index (χ1) is 18.6. The van der Waals surface area contributed by atoms with Gasteiger partial charge in [0.2, 0.25) is 16.0 Å². The highest BCUT2D eigenvalue weighted by Crippen LogP contribution is 2.36. The first-order valence-corrected chi connectivity index (χ1v) is 13.5. The molecule has 2 atom stereocenters. The fourth-order valence-corrected chi connectivity index (χ4v) is 6.53. The van der Waals surface area contributed by atoms with Crippen LogP contribution in [0.25, 0.3) is 0 Å². The molecule has 0 aliphatic carbocycles. The number of aromatic nitrogens is 4. The number of alkyl halides is 6. The van der Waals surface area contributed by atoms with Gasteiger partial charge in [-0.15, -0.1) is 0 Å². The first kappa shape index (κ1) is 29.7. The van der Waals surface area contributed by atoms with Crippen molar-refractivity contribution >= 4 is 28.1 Å². The van der Waals surface area contributed by atoms with Gasteiger partial charge >= 0.3 is 12.4 Å². The molecule has 3 N–H and O–H groups in total. The predicted molar refractivity (Wildman–Crippen MR) is 126 cm³/mol. The van der Waals surface area contributed by atoms with Gasteiger partial charge in [0, 0.05) is 43.8 Å². The monoisotopic (exact) mass is 598 g/mol. The molecule has 2 fully saturated rings. The van der Waals surface area contributed by atoms with Gasteiger partial charge < -0.3 is 20.8 Å². The third kappa shape index (κ3) is 5.90. The average molecular weight is 599 g/mol. The van der Waals surface area contributed by atoms with E-state index in [0.717, 1.165) is 4.68 Å². The summed E-state index contributed by atoms with van der Waals surface area (Å²) in [6.07, 6.45) is -6.84. The number of amides is 1. The zero-order valence-electron chi connectivity index (χ0n) is 20.6.